The molecule has 0 spiro atoms. The first-order valence-corrected chi connectivity index (χ1v) is 13.6. The van der Waals surface area contributed by atoms with Gasteiger partial charge in [-0.3, -0.25) is 15.0 Å². The maximum atomic E-state index is 12.1. The van der Waals surface area contributed by atoms with Gasteiger partial charge in [-0.1, -0.05) is 48.2 Å². The predicted octanol–water partition coefficient (Wildman–Crippen LogP) is 6.86. The molecule has 212 valence electrons. The zero-order valence-corrected chi connectivity index (χ0v) is 24.5. The van der Waals surface area contributed by atoms with Crippen LogP contribution < -0.4 is 0 Å². The number of rotatable bonds is 8. The second kappa shape index (κ2) is 11.8. The summed E-state index contributed by atoms with van der Waals surface area (Å²) in [5, 5.41) is 4.17. The molecule has 0 aliphatic carbocycles. The molecule has 3 aromatic heterocycles. The van der Waals surface area contributed by atoms with E-state index < -0.39 is 5.54 Å². The Balaban J connectivity index is 1.84. The third kappa shape index (κ3) is 4.96. The fraction of sp³-hybridized carbons (Fsp3) is 0.206. The Morgan fingerprint density at radius 2 is 1.98 bits per heavy atom. The number of hydrogen-bond donors (Lipinski definition) is 0. The fourth-order valence-electron chi connectivity index (χ4n) is 5.48. The number of aryl methyl sites for hydroxylation is 2. The normalized spacial score (nSPS) is 15.1. The largest absolute Gasteiger partial charge is 0.465 e. The van der Waals surface area contributed by atoms with E-state index in [2.05, 4.69) is 46.6 Å². The number of ether oxygens (including phenoxy) is 1. The third-order valence-electron chi connectivity index (χ3n) is 7.68. The van der Waals surface area contributed by atoms with Crippen molar-refractivity contribution in [1.29, 1.82) is 0 Å². The predicted molar refractivity (Wildman–Crippen MR) is 168 cm³/mol. The smallest absolute Gasteiger partial charge is 0.337 e. The zero-order chi connectivity index (χ0) is 29.9. The maximum absolute atomic E-state index is 12.1. The standard InChI is InChI=1S/C34H33N5O3/c1-7-8-12-30(35-5)34(4,27-11-9-10-17-36-20-27)39-21-28(24-13-15-25(16-14-24)33(40)41-6)32-29(39)18-26(19-37-32)31-22(2)38-42-23(31)3/h7-19,21H,1,20H2,2-6H3/b12-8-,35-30?. The number of hydrogen-bond acceptors (Lipinski definition) is 7. The highest BCUT2D eigenvalue weighted by Crippen LogP contribution is 2.40. The quantitative estimate of drug-likeness (QED) is 0.134. The van der Waals surface area contributed by atoms with Crippen LogP contribution in [0.2, 0.25) is 0 Å². The minimum atomic E-state index is -0.748. The monoisotopic (exact) mass is 559 g/mol. The van der Waals surface area contributed by atoms with Gasteiger partial charge in [0.05, 0.1) is 41.7 Å². The molecule has 8 heteroatoms. The van der Waals surface area contributed by atoms with Gasteiger partial charge in [0.15, 0.2) is 0 Å². The summed E-state index contributed by atoms with van der Waals surface area (Å²) in [5.41, 5.74) is 7.74. The number of fused-ring (bicyclic) bond motifs is 1. The Bertz CT molecular complexity index is 1800. The highest BCUT2D eigenvalue weighted by Gasteiger charge is 2.37. The number of allylic oxidation sites excluding steroid dienone is 6. The Labute approximate surface area is 245 Å². The molecule has 0 radical (unpaired) electrons. The maximum Gasteiger partial charge on any atom is 0.337 e. The van der Waals surface area contributed by atoms with Crippen LogP contribution in [0.3, 0.4) is 0 Å². The molecule has 1 aliphatic heterocycles. The van der Waals surface area contributed by atoms with Crippen LogP contribution in [-0.2, 0) is 10.3 Å². The number of aliphatic imine (C=N–C) groups is 2. The molecule has 0 saturated carbocycles. The number of carbonyl (C=O) groups excluding carboxylic acids is 1. The van der Waals surface area contributed by atoms with Crippen LogP contribution in [0.5, 0.6) is 0 Å². The van der Waals surface area contributed by atoms with E-state index in [0.29, 0.717) is 12.1 Å². The van der Waals surface area contributed by atoms with E-state index in [4.69, 9.17) is 19.2 Å². The third-order valence-corrected chi connectivity index (χ3v) is 7.68. The van der Waals surface area contributed by atoms with Crippen molar-refractivity contribution in [3.63, 3.8) is 0 Å². The van der Waals surface area contributed by atoms with Crippen molar-refractivity contribution in [3.8, 4) is 22.3 Å². The summed E-state index contributed by atoms with van der Waals surface area (Å²) in [4.78, 5) is 26.5. The van der Waals surface area contributed by atoms with Crippen LogP contribution >= 0.6 is 0 Å². The first-order chi connectivity index (χ1) is 20.3. The number of carbonyl (C=O) groups is 1. The van der Waals surface area contributed by atoms with E-state index >= 15 is 0 Å². The molecule has 0 N–H and O–H groups in total. The summed E-state index contributed by atoms with van der Waals surface area (Å²) in [6.07, 6.45) is 17.4. The van der Waals surface area contributed by atoms with Gasteiger partial charge in [-0.2, -0.15) is 0 Å². The highest BCUT2D eigenvalue weighted by atomic mass is 16.5. The van der Waals surface area contributed by atoms with Crippen LogP contribution in [-0.4, -0.2) is 53.3 Å². The second-order valence-electron chi connectivity index (χ2n) is 10.1. The van der Waals surface area contributed by atoms with Crippen molar-refractivity contribution in [2.75, 3.05) is 20.7 Å². The van der Waals surface area contributed by atoms with E-state index in [1.165, 1.54) is 7.11 Å². The highest BCUT2D eigenvalue weighted by molar-refractivity contribution is 6.06. The van der Waals surface area contributed by atoms with Gasteiger partial charge in [-0.15, -0.1) is 0 Å². The van der Waals surface area contributed by atoms with Gasteiger partial charge in [0, 0.05) is 42.3 Å². The van der Waals surface area contributed by atoms with Crippen LogP contribution in [0.1, 0.15) is 28.7 Å². The molecule has 0 saturated heterocycles. The zero-order valence-electron chi connectivity index (χ0n) is 24.5. The lowest BCUT2D eigenvalue weighted by molar-refractivity contribution is 0.0600. The van der Waals surface area contributed by atoms with Crippen LogP contribution in [0.25, 0.3) is 33.3 Å². The molecule has 5 rings (SSSR count). The molecular weight excluding hydrogens is 526 g/mol. The molecule has 1 aromatic carbocycles. The second-order valence-corrected chi connectivity index (χ2v) is 10.1. The van der Waals surface area contributed by atoms with Gasteiger partial charge in [0.1, 0.15) is 11.3 Å². The average molecular weight is 560 g/mol. The summed E-state index contributed by atoms with van der Waals surface area (Å²) in [6.45, 7) is 10.3. The number of methoxy groups -OCH3 is 1. The van der Waals surface area contributed by atoms with Gasteiger partial charge in [-0.05, 0) is 62.3 Å². The van der Waals surface area contributed by atoms with E-state index in [1.807, 2.05) is 62.7 Å². The van der Waals surface area contributed by atoms with E-state index in [0.717, 1.165) is 56.0 Å². The molecule has 1 atom stereocenters. The van der Waals surface area contributed by atoms with Crippen molar-refractivity contribution < 1.29 is 14.1 Å². The van der Waals surface area contributed by atoms with Gasteiger partial charge in [-0.25, -0.2) is 4.79 Å². The van der Waals surface area contributed by atoms with Gasteiger partial charge < -0.3 is 13.8 Å². The Kier molecular flexibility index (Phi) is 7.97. The molecule has 4 aromatic rings. The number of benzene rings is 1. The van der Waals surface area contributed by atoms with Gasteiger partial charge in [0.25, 0.3) is 0 Å². The molecular formula is C34H33N5O3. The molecule has 42 heavy (non-hydrogen) atoms. The summed E-state index contributed by atoms with van der Waals surface area (Å²) in [6, 6.07) is 9.48. The lowest BCUT2D eigenvalue weighted by atomic mass is 9.84. The summed E-state index contributed by atoms with van der Waals surface area (Å²) < 4.78 is 12.6. The average Bonchev–Trinajstić information content (AvgIpc) is 3.41. The van der Waals surface area contributed by atoms with E-state index in [9.17, 15) is 4.79 Å². The number of nitrogens with zero attached hydrogens (tertiary/aromatic N) is 5. The van der Waals surface area contributed by atoms with Crippen LogP contribution in [0, 0.1) is 13.8 Å². The number of esters is 1. The van der Waals surface area contributed by atoms with Crippen molar-refractivity contribution in [2.45, 2.75) is 26.3 Å². The Hall–Kier alpha value is -5.11. The Morgan fingerprint density at radius 3 is 2.64 bits per heavy atom. The first kappa shape index (κ1) is 28.4. The van der Waals surface area contributed by atoms with Crippen molar-refractivity contribution in [1.82, 2.24) is 14.7 Å². The van der Waals surface area contributed by atoms with Crippen molar-refractivity contribution in [2.24, 2.45) is 9.98 Å². The number of pyridine rings is 1. The van der Waals surface area contributed by atoms with Crippen molar-refractivity contribution >= 4 is 28.9 Å². The lowest BCUT2D eigenvalue weighted by Crippen LogP contribution is -2.41. The summed E-state index contributed by atoms with van der Waals surface area (Å²) in [5.74, 6) is 0.342. The SMILES string of the molecule is C=C/C=C\C(=NC)C(C)(C1=CC=CC=NC1)n1cc(-c2ccc(C(=O)OC)cc2)c2ncc(-c3c(C)noc3C)cc21. The fourth-order valence-corrected chi connectivity index (χ4v) is 5.48. The lowest BCUT2D eigenvalue weighted by Gasteiger charge is -2.35. The molecule has 1 aliphatic rings. The van der Waals surface area contributed by atoms with E-state index in [-0.39, 0.29) is 5.97 Å². The first-order valence-electron chi connectivity index (χ1n) is 13.6. The van der Waals surface area contributed by atoms with Gasteiger partial charge >= 0.3 is 5.97 Å². The topological polar surface area (TPSA) is 94.9 Å². The van der Waals surface area contributed by atoms with Crippen molar-refractivity contribution in [3.05, 3.63) is 108 Å². The Morgan fingerprint density at radius 1 is 1.19 bits per heavy atom. The van der Waals surface area contributed by atoms with Gasteiger partial charge in [0.2, 0.25) is 0 Å². The minimum absolute atomic E-state index is 0.384. The molecule has 0 fully saturated rings. The van der Waals surface area contributed by atoms with Crippen LogP contribution in [0.15, 0.2) is 106 Å². The molecule has 0 amide bonds. The molecule has 8 nitrogen and oxygen atoms in total. The molecule has 1 unspecified atom stereocenters. The van der Waals surface area contributed by atoms with Crippen LogP contribution in [0.4, 0.5) is 0 Å². The van der Waals surface area contributed by atoms with E-state index in [1.54, 1.807) is 25.3 Å². The number of aromatic nitrogens is 3. The molecule has 4 heterocycles. The minimum Gasteiger partial charge on any atom is -0.465 e. The molecule has 0 bridgehead atoms. The summed E-state index contributed by atoms with van der Waals surface area (Å²) >= 11 is 0. The summed E-state index contributed by atoms with van der Waals surface area (Å²) in [7, 11) is 3.17.